The molecule has 0 aliphatic heterocycles. The molecular formula is C16H21N3O. The van der Waals surface area contributed by atoms with E-state index in [2.05, 4.69) is 42.9 Å². The van der Waals surface area contributed by atoms with E-state index in [0.29, 0.717) is 18.8 Å². The van der Waals surface area contributed by atoms with Crippen molar-refractivity contribution in [3.8, 4) is 11.4 Å². The van der Waals surface area contributed by atoms with Crippen molar-refractivity contribution in [1.29, 1.82) is 0 Å². The molecule has 0 unspecified atom stereocenters. The van der Waals surface area contributed by atoms with Crippen LogP contribution in [-0.4, -0.2) is 16.5 Å². The molecule has 4 nitrogen and oxygen atoms in total. The average molecular weight is 271 g/mol. The van der Waals surface area contributed by atoms with E-state index in [9.17, 15) is 4.79 Å². The zero-order valence-electron chi connectivity index (χ0n) is 12.2. The number of hydrogen-bond donors (Lipinski definition) is 2. The van der Waals surface area contributed by atoms with Gasteiger partial charge >= 0.3 is 0 Å². The van der Waals surface area contributed by atoms with Crippen molar-refractivity contribution in [3.05, 3.63) is 51.9 Å². The monoisotopic (exact) mass is 271 g/mol. The van der Waals surface area contributed by atoms with Gasteiger partial charge in [-0.25, -0.2) is 4.98 Å². The first-order valence-corrected chi connectivity index (χ1v) is 6.81. The molecule has 106 valence electrons. The van der Waals surface area contributed by atoms with Crippen molar-refractivity contribution < 1.29 is 0 Å². The molecule has 0 aliphatic rings. The number of benzene rings is 1. The number of nitrogens with one attached hydrogen (secondary N) is 1. The third kappa shape index (κ3) is 3.33. The van der Waals surface area contributed by atoms with Crippen molar-refractivity contribution in [2.24, 2.45) is 5.73 Å². The first-order chi connectivity index (χ1) is 9.40. The maximum absolute atomic E-state index is 11.6. The number of nitrogens with two attached hydrogens (primary N) is 1. The summed E-state index contributed by atoms with van der Waals surface area (Å²) in [7, 11) is 0. The molecule has 1 heterocycles. The molecule has 4 heteroatoms. The van der Waals surface area contributed by atoms with Crippen LogP contribution in [0.15, 0.2) is 35.1 Å². The second kappa shape index (κ2) is 5.59. The molecule has 0 saturated carbocycles. The Bertz CT molecular complexity index is 636. The highest BCUT2D eigenvalue weighted by atomic mass is 16.1. The van der Waals surface area contributed by atoms with Crippen molar-refractivity contribution in [2.75, 3.05) is 6.54 Å². The van der Waals surface area contributed by atoms with E-state index in [1.807, 2.05) is 12.1 Å². The SMILES string of the molecule is CC(C)(C)c1ccc(-c2nc(CCN)cc(=O)[nH]2)cc1. The van der Waals surface area contributed by atoms with Crippen LogP contribution in [0.1, 0.15) is 32.0 Å². The second-order valence-electron chi connectivity index (χ2n) is 5.95. The first kappa shape index (κ1) is 14.5. The molecule has 0 fully saturated rings. The third-order valence-electron chi connectivity index (χ3n) is 3.22. The van der Waals surface area contributed by atoms with Crippen LogP contribution in [0, 0.1) is 0 Å². The van der Waals surface area contributed by atoms with Crippen molar-refractivity contribution in [3.63, 3.8) is 0 Å². The van der Waals surface area contributed by atoms with Gasteiger partial charge in [-0.1, -0.05) is 45.0 Å². The molecule has 0 radical (unpaired) electrons. The number of H-pyrrole nitrogens is 1. The van der Waals surface area contributed by atoms with Crippen molar-refractivity contribution >= 4 is 0 Å². The Morgan fingerprint density at radius 2 is 1.85 bits per heavy atom. The molecule has 1 aromatic heterocycles. The van der Waals surface area contributed by atoms with Gasteiger partial charge in [0.25, 0.3) is 5.56 Å². The highest BCUT2D eigenvalue weighted by Gasteiger charge is 2.13. The van der Waals surface area contributed by atoms with Gasteiger partial charge in [0.05, 0.1) is 0 Å². The van der Waals surface area contributed by atoms with E-state index in [0.717, 1.165) is 11.3 Å². The normalized spacial score (nSPS) is 11.6. The zero-order valence-corrected chi connectivity index (χ0v) is 12.2. The predicted octanol–water partition coefficient (Wildman–Crippen LogP) is 2.24. The minimum Gasteiger partial charge on any atom is -0.330 e. The van der Waals surface area contributed by atoms with Gasteiger partial charge in [0.15, 0.2) is 0 Å². The minimum atomic E-state index is -0.140. The summed E-state index contributed by atoms with van der Waals surface area (Å²) in [4.78, 5) is 18.9. The van der Waals surface area contributed by atoms with Crippen LogP contribution >= 0.6 is 0 Å². The fraction of sp³-hybridized carbons (Fsp3) is 0.375. The Morgan fingerprint density at radius 3 is 2.40 bits per heavy atom. The van der Waals surface area contributed by atoms with Gasteiger partial charge in [-0.3, -0.25) is 4.79 Å². The number of aromatic amines is 1. The Balaban J connectivity index is 2.39. The smallest absolute Gasteiger partial charge is 0.251 e. The predicted molar refractivity (Wildman–Crippen MR) is 81.8 cm³/mol. The van der Waals surface area contributed by atoms with Gasteiger partial charge in [-0.2, -0.15) is 0 Å². The van der Waals surface area contributed by atoms with Crippen LogP contribution in [0.4, 0.5) is 0 Å². The summed E-state index contributed by atoms with van der Waals surface area (Å²) in [6, 6.07) is 9.63. The summed E-state index contributed by atoms with van der Waals surface area (Å²) < 4.78 is 0. The summed E-state index contributed by atoms with van der Waals surface area (Å²) in [6.07, 6.45) is 0.608. The molecule has 1 aromatic carbocycles. The van der Waals surface area contributed by atoms with Crippen LogP contribution in [0.5, 0.6) is 0 Å². The zero-order chi connectivity index (χ0) is 14.8. The summed E-state index contributed by atoms with van der Waals surface area (Å²) in [6.45, 7) is 7.00. The molecule has 0 amide bonds. The van der Waals surface area contributed by atoms with Crippen LogP contribution in [0.25, 0.3) is 11.4 Å². The van der Waals surface area contributed by atoms with E-state index in [1.165, 1.54) is 11.6 Å². The summed E-state index contributed by atoms with van der Waals surface area (Å²) >= 11 is 0. The maximum Gasteiger partial charge on any atom is 0.251 e. The quantitative estimate of drug-likeness (QED) is 0.899. The highest BCUT2D eigenvalue weighted by Crippen LogP contribution is 2.24. The number of aromatic nitrogens is 2. The van der Waals surface area contributed by atoms with Crippen LogP contribution in [0.2, 0.25) is 0 Å². The molecule has 2 aromatic rings. The fourth-order valence-electron chi connectivity index (χ4n) is 2.05. The Hall–Kier alpha value is -1.94. The summed E-state index contributed by atoms with van der Waals surface area (Å²) in [5, 5.41) is 0. The van der Waals surface area contributed by atoms with E-state index in [-0.39, 0.29) is 11.0 Å². The van der Waals surface area contributed by atoms with Crippen molar-refractivity contribution in [2.45, 2.75) is 32.6 Å². The molecular weight excluding hydrogens is 250 g/mol. The van der Waals surface area contributed by atoms with E-state index >= 15 is 0 Å². The second-order valence-corrected chi connectivity index (χ2v) is 5.95. The van der Waals surface area contributed by atoms with Crippen LogP contribution < -0.4 is 11.3 Å². The van der Waals surface area contributed by atoms with E-state index in [4.69, 9.17) is 5.73 Å². The molecule has 3 N–H and O–H groups in total. The topological polar surface area (TPSA) is 71.8 Å². The first-order valence-electron chi connectivity index (χ1n) is 6.81. The van der Waals surface area contributed by atoms with Gasteiger partial charge < -0.3 is 10.7 Å². The molecule has 0 spiro atoms. The largest absolute Gasteiger partial charge is 0.330 e. The lowest BCUT2D eigenvalue weighted by Crippen LogP contribution is -2.14. The molecule has 0 bridgehead atoms. The highest BCUT2D eigenvalue weighted by molar-refractivity contribution is 5.55. The maximum atomic E-state index is 11.6. The van der Waals surface area contributed by atoms with Gasteiger partial charge in [-0.15, -0.1) is 0 Å². The van der Waals surface area contributed by atoms with Gasteiger partial charge in [0, 0.05) is 23.7 Å². The molecule has 0 atom stereocenters. The third-order valence-corrected chi connectivity index (χ3v) is 3.22. The van der Waals surface area contributed by atoms with Gasteiger partial charge in [0.1, 0.15) is 5.82 Å². The van der Waals surface area contributed by atoms with Crippen LogP contribution in [-0.2, 0) is 11.8 Å². The van der Waals surface area contributed by atoms with Crippen molar-refractivity contribution in [1.82, 2.24) is 9.97 Å². The summed E-state index contributed by atoms with van der Waals surface area (Å²) in [5.74, 6) is 0.599. The molecule has 20 heavy (non-hydrogen) atoms. The Kier molecular flexibility index (Phi) is 4.04. The number of nitrogens with zero attached hydrogens (tertiary/aromatic N) is 1. The average Bonchev–Trinajstić information content (AvgIpc) is 2.37. The van der Waals surface area contributed by atoms with E-state index in [1.54, 1.807) is 0 Å². The lowest BCUT2D eigenvalue weighted by Gasteiger charge is -2.19. The van der Waals surface area contributed by atoms with Crippen LogP contribution in [0.3, 0.4) is 0 Å². The number of hydrogen-bond acceptors (Lipinski definition) is 3. The fourth-order valence-corrected chi connectivity index (χ4v) is 2.05. The minimum absolute atomic E-state index is 0.112. The lowest BCUT2D eigenvalue weighted by molar-refractivity contribution is 0.590. The lowest BCUT2D eigenvalue weighted by atomic mass is 9.87. The standard InChI is InChI=1S/C16H21N3O/c1-16(2,3)12-6-4-11(5-7-12)15-18-13(8-9-17)10-14(20)19-15/h4-7,10H,8-9,17H2,1-3H3,(H,18,19,20). The molecule has 2 rings (SSSR count). The Morgan fingerprint density at radius 1 is 1.20 bits per heavy atom. The molecule has 0 saturated heterocycles. The Labute approximate surface area is 119 Å². The summed E-state index contributed by atoms with van der Waals surface area (Å²) in [5.41, 5.74) is 8.38. The van der Waals surface area contributed by atoms with Gasteiger partial charge in [-0.05, 0) is 17.5 Å². The van der Waals surface area contributed by atoms with E-state index < -0.39 is 0 Å². The molecule has 0 aliphatic carbocycles. The number of rotatable bonds is 3. The van der Waals surface area contributed by atoms with Gasteiger partial charge in [0.2, 0.25) is 0 Å².